The Labute approximate surface area is 164 Å². The van der Waals surface area contributed by atoms with Gasteiger partial charge in [0.15, 0.2) is 0 Å². The summed E-state index contributed by atoms with van der Waals surface area (Å²) in [7, 11) is 0. The number of aromatic nitrogens is 1. The molecule has 2 aromatic carbocycles. The van der Waals surface area contributed by atoms with E-state index in [1.807, 2.05) is 66.6 Å². The smallest absolute Gasteiger partial charge is 0.253 e. The number of fused-ring (bicyclic) bond motifs is 1. The molecule has 5 heteroatoms. The van der Waals surface area contributed by atoms with Gasteiger partial charge in [0.05, 0.1) is 11.4 Å². The third-order valence-corrected chi connectivity index (χ3v) is 5.68. The van der Waals surface area contributed by atoms with Crippen LogP contribution in [0.25, 0.3) is 16.6 Å². The van der Waals surface area contributed by atoms with Gasteiger partial charge in [0.2, 0.25) is 5.91 Å². The number of nitrogens with two attached hydrogens (primary N) is 1. The summed E-state index contributed by atoms with van der Waals surface area (Å²) in [6, 6.07) is 15.8. The topological polar surface area (TPSA) is 68.3 Å². The highest BCUT2D eigenvalue weighted by molar-refractivity contribution is 5.98. The van der Waals surface area contributed by atoms with Crippen molar-refractivity contribution in [2.75, 3.05) is 13.1 Å². The standard InChI is InChI=1S/C23H25N3O2/c1-16(22(24)27)17-5-8-20(9-6-17)26-14-11-18-15-19(7-10-21(18)26)23(28)25-12-3-2-4-13-25/h5-11,14-16H,2-4,12-13H2,1H3,(H2,24,27). The summed E-state index contributed by atoms with van der Waals surface area (Å²) < 4.78 is 2.09. The number of likely N-dealkylation sites (tertiary alicyclic amines) is 1. The van der Waals surface area contributed by atoms with Gasteiger partial charge >= 0.3 is 0 Å². The van der Waals surface area contributed by atoms with Crippen molar-refractivity contribution in [3.63, 3.8) is 0 Å². The average molecular weight is 375 g/mol. The maximum absolute atomic E-state index is 12.8. The lowest BCUT2D eigenvalue weighted by atomic mass is 10.0. The minimum absolute atomic E-state index is 0.124. The first-order chi connectivity index (χ1) is 13.5. The Bertz CT molecular complexity index is 1010. The molecule has 1 atom stereocenters. The molecule has 2 heterocycles. The van der Waals surface area contributed by atoms with E-state index in [1.165, 1.54) is 6.42 Å². The quantitative estimate of drug-likeness (QED) is 0.753. The van der Waals surface area contributed by atoms with Gasteiger partial charge in [0.1, 0.15) is 0 Å². The highest BCUT2D eigenvalue weighted by atomic mass is 16.2. The molecule has 0 radical (unpaired) electrons. The van der Waals surface area contributed by atoms with Crippen molar-refractivity contribution < 1.29 is 9.59 Å². The number of rotatable bonds is 4. The summed E-state index contributed by atoms with van der Waals surface area (Å²) in [4.78, 5) is 26.1. The summed E-state index contributed by atoms with van der Waals surface area (Å²) >= 11 is 0. The van der Waals surface area contributed by atoms with E-state index in [4.69, 9.17) is 5.73 Å². The normalized spacial score (nSPS) is 15.5. The second-order valence-corrected chi connectivity index (χ2v) is 7.53. The van der Waals surface area contributed by atoms with E-state index in [2.05, 4.69) is 4.57 Å². The van der Waals surface area contributed by atoms with Gasteiger partial charge in [-0.3, -0.25) is 9.59 Å². The molecule has 3 aromatic rings. The predicted molar refractivity (Wildman–Crippen MR) is 111 cm³/mol. The fraction of sp³-hybridized carbons (Fsp3) is 0.304. The zero-order chi connectivity index (χ0) is 19.7. The zero-order valence-corrected chi connectivity index (χ0v) is 16.1. The van der Waals surface area contributed by atoms with Crippen molar-refractivity contribution in [1.29, 1.82) is 0 Å². The van der Waals surface area contributed by atoms with Crippen molar-refractivity contribution in [1.82, 2.24) is 9.47 Å². The van der Waals surface area contributed by atoms with E-state index >= 15 is 0 Å². The van der Waals surface area contributed by atoms with Gasteiger partial charge in [0.25, 0.3) is 5.91 Å². The van der Waals surface area contributed by atoms with Crippen molar-refractivity contribution in [2.24, 2.45) is 5.73 Å². The third kappa shape index (κ3) is 3.40. The highest BCUT2D eigenvalue weighted by Crippen LogP contribution is 2.24. The van der Waals surface area contributed by atoms with Crippen LogP contribution >= 0.6 is 0 Å². The molecule has 0 aliphatic carbocycles. The molecule has 1 fully saturated rings. The van der Waals surface area contributed by atoms with Gasteiger partial charge in [-0.2, -0.15) is 0 Å². The van der Waals surface area contributed by atoms with Crippen LogP contribution in [0, 0.1) is 0 Å². The van der Waals surface area contributed by atoms with E-state index < -0.39 is 0 Å². The molecule has 2 amide bonds. The number of hydrogen-bond donors (Lipinski definition) is 1. The van der Waals surface area contributed by atoms with Crippen molar-refractivity contribution >= 4 is 22.7 Å². The van der Waals surface area contributed by atoms with Gasteiger partial charge in [-0.05, 0) is 68.1 Å². The van der Waals surface area contributed by atoms with Gasteiger partial charge in [0, 0.05) is 35.9 Å². The van der Waals surface area contributed by atoms with Crippen LogP contribution in [0.1, 0.15) is 48.0 Å². The van der Waals surface area contributed by atoms with Crippen molar-refractivity contribution in [3.8, 4) is 5.69 Å². The minimum atomic E-state index is -0.329. The first kappa shape index (κ1) is 18.3. The molecule has 1 aliphatic heterocycles. The molecular formula is C23H25N3O2. The second kappa shape index (κ2) is 7.50. The Morgan fingerprint density at radius 3 is 2.36 bits per heavy atom. The summed E-state index contributed by atoms with van der Waals surface area (Å²) in [5, 5.41) is 1.04. The number of primary amides is 1. The Kier molecular flexibility index (Phi) is 4.90. The van der Waals surface area contributed by atoms with Gasteiger partial charge in [-0.1, -0.05) is 12.1 Å². The minimum Gasteiger partial charge on any atom is -0.369 e. The molecule has 4 rings (SSSR count). The van der Waals surface area contributed by atoms with E-state index in [0.29, 0.717) is 0 Å². The molecule has 0 saturated carbocycles. The number of hydrogen-bond acceptors (Lipinski definition) is 2. The number of nitrogens with zero attached hydrogens (tertiary/aromatic N) is 2. The van der Waals surface area contributed by atoms with E-state index in [9.17, 15) is 9.59 Å². The predicted octanol–water partition coefficient (Wildman–Crippen LogP) is 3.85. The van der Waals surface area contributed by atoms with Gasteiger partial charge in [-0.25, -0.2) is 0 Å². The maximum Gasteiger partial charge on any atom is 0.253 e. The van der Waals surface area contributed by atoms with Crippen LogP contribution in [0.15, 0.2) is 54.7 Å². The Morgan fingerprint density at radius 2 is 1.68 bits per heavy atom. The molecule has 144 valence electrons. The molecule has 1 aromatic heterocycles. The van der Waals surface area contributed by atoms with Crippen molar-refractivity contribution in [3.05, 3.63) is 65.9 Å². The number of amides is 2. The molecule has 2 N–H and O–H groups in total. The number of benzene rings is 2. The zero-order valence-electron chi connectivity index (χ0n) is 16.1. The SMILES string of the molecule is CC(C(N)=O)c1ccc(-n2ccc3cc(C(=O)N4CCCCC4)ccc32)cc1. The van der Waals surface area contributed by atoms with Crippen LogP contribution in [0.5, 0.6) is 0 Å². The van der Waals surface area contributed by atoms with Crippen LogP contribution in [-0.4, -0.2) is 34.4 Å². The fourth-order valence-electron chi connectivity index (χ4n) is 3.87. The lowest BCUT2D eigenvalue weighted by molar-refractivity contribution is -0.119. The van der Waals surface area contributed by atoms with Crippen LogP contribution in [0.4, 0.5) is 0 Å². The van der Waals surface area contributed by atoms with Crippen LogP contribution in [-0.2, 0) is 4.79 Å². The maximum atomic E-state index is 12.8. The molecule has 0 spiro atoms. The first-order valence-corrected chi connectivity index (χ1v) is 9.84. The molecule has 1 saturated heterocycles. The highest BCUT2D eigenvalue weighted by Gasteiger charge is 2.19. The third-order valence-electron chi connectivity index (χ3n) is 5.68. The molecule has 1 aliphatic rings. The average Bonchev–Trinajstić information content (AvgIpc) is 3.16. The van der Waals surface area contributed by atoms with E-state index in [0.717, 1.165) is 53.6 Å². The molecule has 0 bridgehead atoms. The second-order valence-electron chi connectivity index (χ2n) is 7.53. The molecular weight excluding hydrogens is 350 g/mol. The lowest BCUT2D eigenvalue weighted by Crippen LogP contribution is -2.35. The van der Waals surface area contributed by atoms with Gasteiger partial charge in [-0.15, -0.1) is 0 Å². The Morgan fingerprint density at radius 1 is 0.964 bits per heavy atom. The monoisotopic (exact) mass is 375 g/mol. The summed E-state index contributed by atoms with van der Waals surface area (Å²) in [6.45, 7) is 3.52. The van der Waals surface area contributed by atoms with Crippen molar-refractivity contribution in [2.45, 2.75) is 32.1 Å². The lowest BCUT2D eigenvalue weighted by Gasteiger charge is -2.26. The molecule has 28 heavy (non-hydrogen) atoms. The largest absolute Gasteiger partial charge is 0.369 e. The van der Waals surface area contributed by atoms with Crippen LogP contribution < -0.4 is 5.73 Å². The fourth-order valence-corrected chi connectivity index (χ4v) is 3.87. The molecule has 1 unspecified atom stereocenters. The first-order valence-electron chi connectivity index (χ1n) is 9.84. The van der Waals surface area contributed by atoms with Crippen LogP contribution in [0.2, 0.25) is 0 Å². The summed E-state index contributed by atoms with van der Waals surface area (Å²) in [5.41, 5.74) is 9.10. The summed E-state index contributed by atoms with van der Waals surface area (Å²) in [5.74, 6) is -0.511. The Balaban J connectivity index is 1.61. The van der Waals surface area contributed by atoms with Gasteiger partial charge < -0.3 is 15.2 Å². The van der Waals surface area contributed by atoms with E-state index in [1.54, 1.807) is 0 Å². The number of carbonyl (C=O) groups is 2. The molecule has 5 nitrogen and oxygen atoms in total. The van der Waals surface area contributed by atoms with E-state index in [-0.39, 0.29) is 17.7 Å². The number of carbonyl (C=O) groups excluding carboxylic acids is 2. The summed E-state index contributed by atoms with van der Waals surface area (Å²) in [6.07, 6.45) is 5.40. The van der Waals surface area contributed by atoms with Crippen LogP contribution in [0.3, 0.4) is 0 Å². The Hall–Kier alpha value is -3.08. The number of piperidine rings is 1.